The van der Waals surface area contributed by atoms with E-state index in [4.69, 9.17) is 5.11 Å². The van der Waals surface area contributed by atoms with Crippen LogP contribution in [0.25, 0.3) is 0 Å². The molecule has 6 nitrogen and oxygen atoms in total. The molecule has 0 amide bonds. The Hall–Kier alpha value is -2.47. The minimum Gasteiger partial charge on any atom is -0.392 e. The molecule has 2 rings (SSSR count). The first-order valence-corrected chi connectivity index (χ1v) is 5.63. The van der Waals surface area contributed by atoms with Crippen molar-refractivity contribution in [2.45, 2.75) is 13.2 Å². The maximum absolute atomic E-state index is 11.6. The minimum absolute atomic E-state index is 0.0446. The van der Waals surface area contributed by atoms with Crippen molar-refractivity contribution < 1.29 is 10.0 Å². The highest BCUT2D eigenvalue weighted by Gasteiger charge is 2.07. The maximum Gasteiger partial charge on any atom is 0.285 e. The number of aliphatic hydroxyl groups excluding tert-OH is 1. The molecule has 1 heterocycles. The Labute approximate surface area is 108 Å². The Morgan fingerprint density at radius 2 is 1.74 bits per heavy atom. The summed E-state index contributed by atoms with van der Waals surface area (Å²) in [7, 11) is 0. The number of hydrogen-bond donors (Lipinski definition) is 1. The molecule has 0 bridgehead atoms. The number of rotatable bonds is 4. The van der Waals surface area contributed by atoms with Crippen molar-refractivity contribution in [1.29, 1.82) is 0 Å². The summed E-state index contributed by atoms with van der Waals surface area (Å²) in [5.74, 6) is 0. The van der Waals surface area contributed by atoms with Crippen LogP contribution in [0.3, 0.4) is 0 Å². The average molecular weight is 260 g/mol. The molecule has 0 aliphatic heterocycles. The van der Waals surface area contributed by atoms with Crippen molar-refractivity contribution >= 4 is 5.69 Å². The smallest absolute Gasteiger partial charge is 0.285 e. The van der Waals surface area contributed by atoms with Crippen molar-refractivity contribution in [2.75, 3.05) is 0 Å². The molecular weight excluding hydrogens is 248 g/mol. The standard InChI is InChI=1S/C13H12N2O4/c16-9-11-3-1-10(2-4-11)7-14-8-12(15(18)19)5-6-13(14)17/h1-6,8,16H,7,9H2. The molecule has 0 aliphatic rings. The van der Waals surface area contributed by atoms with E-state index in [1.165, 1.54) is 22.9 Å². The summed E-state index contributed by atoms with van der Waals surface area (Å²) >= 11 is 0. The van der Waals surface area contributed by atoms with Gasteiger partial charge in [-0.1, -0.05) is 24.3 Å². The second-order valence-electron chi connectivity index (χ2n) is 4.09. The van der Waals surface area contributed by atoms with E-state index in [1.807, 2.05) is 0 Å². The lowest BCUT2D eigenvalue weighted by molar-refractivity contribution is -0.385. The Kier molecular flexibility index (Phi) is 3.72. The zero-order chi connectivity index (χ0) is 13.8. The van der Waals surface area contributed by atoms with Crippen molar-refractivity contribution in [3.63, 3.8) is 0 Å². The molecule has 2 aromatic rings. The molecule has 0 atom stereocenters. The lowest BCUT2D eigenvalue weighted by Gasteiger charge is -2.06. The third kappa shape index (κ3) is 3.05. The van der Waals surface area contributed by atoms with Gasteiger partial charge < -0.3 is 9.67 Å². The molecule has 0 radical (unpaired) electrons. The van der Waals surface area contributed by atoms with Crippen molar-refractivity contribution in [1.82, 2.24) is 4.57 Å². The second kappa shape index (κ2) is 5.45. The van der Waals surface area contributed by atoms with Gasteiger partial charge >= 0.3 is 0 Å². The minimum atomic E-state index is -0.537. The molecule has 0 unspecified atom stereocenters. The molecule has 0 saturated carbocycles. The van der Waals surface area contributed by atoms with E-state index in [0.29, 0.717) is 0 Å². The molecule has 0 saturated heterocycles. The SMILES string of the molecule is O=c1ccc([N+](=O)[O-])cn1Cc1ccc(CO)cc1. The fourth-order valence-corrected chi connectivity index (χ4v) is 1.70. The van der Waals surface area contributed by atoms with Gasteiger partial charge in [0.2, 0.25) is 0 Å². The molecule has 1 aromatic heterocycles. The average Bonchev–Trinajstić information content (AvgIpc) is 2.42. The highest BCUT2D eigenvalue weighted by atomic mass is 16.6. The third-order valence-electron chi connectivity index (χ3n) is 2.74. The third-order valence-corrected chi connectivity index (χ3v) is 2.74. The van der Waals surface area contributed by atoms with Crippen LogP contribution < -0.4 is 5.56 Å². The number of nitrogens with zero attached hydrogens (tertiary/aromatic N) is 2. The van der Waals surface area contributed by atoms with Gasteiger partial charge in [-0.3, -0.25) is 14.9 Å². The summed E-state index contributed by atoms with van der Waals surface area (Å²) in [6, 6.07) is 9.41. The van der Waals surface area contributed by atoms with Gasteiger partial charge in [-0.15, -0.1) is 0 Å². The Bertz CT molecular complexity index is 646. The summed E-state index contributed by atoms with van der Waals surface area (Å²) in [5, 5.41) is 19.6. The lowest BCUT2D eigenvalue weighted by atomic mass is 10.1. The zero-order valence-electron chi connectivity index (χ0n) is 10.0. The first kappa shape index (κ1) is 13.0. The van der Waals surface area contributed by atoms with E-state index in [1.54, 1.807) is 24.3 Å². The van der Waals surface area contributed by atoms with Crippen LogP contribution in [0.5, 0.6) is 0 Å². The summed E-state index contributed by atoms with van der Waals surface area (Å²) in [4.78, 5) is 21.7. The molecule has 1 aromatic carbocycles. The normalized spacial score (nSPS) is 10.4. The summed E-state index contributed by atoms with van der Waals surface area (Å²) in [5.41, 5.74) is 1.19. The number of benzene rings is 1. The predicted octanol–water partition coefficient (Wildman–Crippen LogP) is 1.30. The van der Waals surface area contributed by atoms with E-state index in [-0.39, 0.29) is 24.4 Å². The van der Waals surface area contributed by atoms with Crippen molar-refractivity contribution in [3.8, 4) is 0 Å². The number of aromatic nitrogens is 1. The van der Waals surface area contributed by atoms with Crippen LogP contribution in [0, 0.1) is 10.1 Å². The Balaban J connectivity index is 2.29. The van der Waals surface area contributed by atoms with Crippen LogP contribution >= 0.6 is 0 Å². The zero-order valence-corrected chi connectivity index (χ0v) is 10.0. The van der Waals surface area contributed by atoms with Gasteiger partial charge in [0.05, 0.1) is 24.3 Å². The number of hydrogen-bond acceptors (Lipinski definition) is 4. The topological polar surface area (TPSA) is 85.4 Å². The van der Waals surface area contributed by atoms with Crippen molar-refractivity contribution in [2.24, 2.45) is 0 Å². The first-order chi connectivity index (χ1) is 9.10. The number of pyridine rings is 1. The molecule has 1 N–H and O–H groups in total. The Morgan fingerprint density at radius 3 is 2.32 bits per heavy atom. The highest BCUT2D eigenvalue weighted by molar-refractivity contribution is 5.27. The van der Waals surface area contributed by atoms with Gasteiger partial charge in [0.1, 0.15) is 0 Å². The molecule has 19 heavy (non-hydrogen) atoms. The van der Waals surface area contributed by atoms with Gasteiger partial charge in [0, 0.05) is 12.1 Å². The van der Waals surface area contributed by atoms with E-state index in [0.717, 1.165) is 11.1 Å². The fourth-order valence-electron chi connectivity index (χ4n) is 1.70. The van der Waals surface area contributed by atoms with Crippen LogP contribution in [0.15, 0.2) is 47.4 Å². The van der Waals surface area contributed by atoms with E-state index >= 15 is 0 Å². The molecule has 0 aliphatic carbocycles. The van der Waals surface area contributed by atoms with Gasteiger partial charge in [0.25, 0.3) is 11.2 Å². The molecule has 98 valence electrons. The first-order valence-electron chi connectivity index (χ1n) is 5.63. The molecular formula is C13H12N2O4. The van der Waals surface area contributed by atoms with Crippen LogP contribution in [-0.2, 0) is 13.2 Å². The van der Waals surface area contributed by atoms with Crippen LogP contribution in [0.4, 0.5) is 5.69 Å². The largest absolute Gasteiger partial charge is 0.392 e. The van der Waals surface area contributed by atoms with Gasteiger partial charge in [-0.2, -0.15) is 0 Å². The molecule has 6 heteroatoms. The van der Waals surface area contributed by atoms with E-state index < -0.39 is 4.92 Å². The highest BCUT2D eigenvalue weighted by Crippen LogP contribution is 2.09. The molecule has 0 spiro atoms. The summed E-state index contributed by atoms with van der Waals surface area (Å²) < 4.78 is 1.28. The summed E-state index contributed by atoms with van der Waals surface area (Å²) in [6.07, 6.45) is 1.22. The van der Waals surface area contributed by atoms with Crippen molar-refractivity contribution in [3.05, 3.63) is 74.2 Å². The second-order valence-corrected chi connectivity index (χ2v) is 4.09. The van der Waals surface area contributed by atoms with Gasteiger partial charge in [-0.25, -0.2) is 0 Å². The van der Waals surface area contributed by atoms with E-state index in [9.17, 15) is 14.9 Å². The van der Waals surface area contributed by atoms with Gasteiger partial charge in [0.15, 0.2) is 0 Å². The molecule has 0 fully saturated rings. The van der Waals surface area contributed by atoms with Gasteiger partial charge in [-0.05, 0) is 11.1 Å². The van der Waals surface area contributed by atoms with Crippen LogP contribution in [-0.4, -0.2) is 14.6 Å². The maximum atomic E-state index is 11.6. The quantitative estimate of drug-likeness (QED) is 0.663. The lowest BCUT2D eigenvalue weighted by Crippen LogP contribution is -2.19. The monoisotopic (exact) mass is 260 g/mol. The number of aliphatic hydroxyl groups is 1. The Morgan fingerprint density at radius 1 is 1.11 bits per heavy atom. The fraction of sp³-hybridized carbons (Fsp3) is 0.154. The summed E-state index contributed by atoms with van der Waals surface area (Å²) in [6.45, 7) is 0.212. The van der Waals surface area contributed by atoms with Crippen LogP contribution in [0.1, 0.15) is 11.1 Å². The number of nitro groups is 1. The van der Waals surface area contributed by atoms with E-state index in [2.05, 4.69) is 0 Å². The predicted molar refractivity (Wildman–Crippen MR) is 68.8 cm³/mol. The van der Waals surface area contributed by atoms with Crippen LogP contribution in [0.2, 0.25) is 0 Å².